The molecule has 0 spiro atoms. The summed E-state index contributed by atoms with van der Waals surface area (Å²) in [5, 5.41) is 20.9. The minimum atomic E-state index is -0.559. The summed E-state index contributed by atoms with van der Waals surface area (Å²) in [5.41, 5.74) is 1.25. The number of hydrogen-bond donors (Lipinski definition) is 2. The summed E-state index contributed by atoms with van der Waals surface area (Å²) in [6.45, 7) is 10.1. The van der Waals surface area contributed by atoms with Gasteiger partial charge in [0.2, 0.25) is 0 Å². The summed E-state index contributed by atoms with van der Waals surface area (Å²) < 4.78 is 12.0. The molecular formula is C32H50O5. The monoisotopic (exact) mass is 514 g/mol. The zero-order valence-electron chi connectivity index (χ0n) is 23.6. The van der Waals surface area contributed by atoms with E-state index in [2.05, 4.69) is 27.7 Å². The molecule has 7 fully saturated rings. The lowest BCUT2D eigenvalue weighted by atomic mass is 9.33. The molecule has 37 heavy (non-hydrogen) atoms. The van der Waals surface area contributed by atoms with Crippen LogP contribution < -0.4 is 0 Å². The third kappa shape index (κ3) is 3.27. The highest BCUT2D eigenvalue weighted by Crippen LogP contribution is 2.76. The number of aliphatic hydroxyl groups is 2. The van der Waals surface area contributed by atoms with Crippen LogP contribution in [0.25, 0.3) is 0 Å². The number of aliphatic hydroxyl groups excluding tert-OH is 2. The van der Waals surface area contributed by atoms with Crippen molar-refractivity contribution < 1.29 is 24.5 Å². The van der Waals surface area contributed by atoms with E-state index in [0.29, 0.717) is 33.9 Å². The van der Waals surface area contributed by atoms with Gasteiger partial charge in [0.25, 0.3) is 0 Å². The van der Waals surface area contributed by atoms with Crippen LogP contribution >= 0.6 is 0 Å². The Balaban J connectivity index is 1.17. The predicted molar refractivity (Wildman–Crippen MR) is 141 cm³/mol. The summed E-state index contributed by atoms with van der Waals surface area (Å²) >= 11 is 0. The number of Topliss-reactive ketones (excluding diaryl/α,β-unsaturated/α-hetero) is 1. The number of ketones is 1. The molecule has 2 saturated heterocycles. The van der Waals surface area contributed by atoms with Crippen LogP contribution in [0.4, 0.5) is 0 Å². The van der Waals surface area contributed by atoms with Crippen molar-refractivity contribution in [2.75, 3.05) is 6.61 Å². The standard InChI is InChI=1S/C32H50O5/c1-18-19-9-13-31(4)25(29(19,2)12-10-22(18)34)8-7-20-21-6-5-11-32(21,15-14-30(20,31)3)16-23-26(35)28-27(37-28)24(17-33)36-23/h18-21,23-28,33,35H,5-17H2,1-4H3/t18?,19?,20?,21?,23?,24?,25?,26?,27?,28?,29?,30-,31?,32?/m1/s1. The SMILES string of the molecule is CC1C(=O)CCC2(C)C1CCC1(C)C2CCC2C3CCCC3(CC3OC(CO)C4OC4C3O)CC[C@]21C. The molecule has 14 atom stereocenters. The van der Waals surface area contributed by atoms with Gasteiger partial charge < -0.3 is 19.7 Å². The van der Waals surface area contributed by atoms with Gasteiger partial charge in [0.15, 0.2) is 0 Å². The highest BCUT2D eigenvalue weighted by atomic mass is 16.7. The molecule has 2 aliphatic heterocycles. The van der Waals surface area contributed by atoms with E-state index in [0.717, 1.165) is 31.1 Å². The lowest BCUT2D eigenvalue weighted by molar-refractivity contribution is -0.229. The topological polar surface area (TPSA) is 79.3 Å². The number of carbonyl (C=O) groups is 1. The first-order chi connectivity index (χ1) is 17.6. The number of rotatable bonds is 3. The van der Waals surface area contributed by atoms with E-state index in [1.165, 1.54) is 57.8 Å². The van der Waals surface area contributed by atoms with E-state index < -0.39 is 6.10 Å². The molecule has 2 N–H and O–H groups in total. The molecule has 7 rings (SSSR count). The van der Waals surface area contributed by atoms with Crippen molar-refractivity contribution in [3.63, 3.8) is 0 Å². The van der Waals surface area contributed by atoms with Crippen molar-refractivity contribution in [2.24, 2.45) is 51.2 Å². The molecular weight excluding hydrogens is 464 g/mol. The third-order valence-corrected chi connectivity index (χ3v) is 14.7. The van der Waals surface area contributed by atoms with E-state index >= 15 is 0 Å². The molecule has 5 heteroatoms. The molecule has 0 aromatic rings. The van der Waals surface area contributed by atoms with Gasteiger partial charge >= 0.3 is 0 Å². The molecule has 2 heterocycles. The Hall–Kier alpha value is -0.490. The zero-order chi connectivity index (χ0) is 26.0. The van der Waals surface area contributed by atoms with Crippen LogP contribution in [0, 0.1) is 51.2 Å². The maximum absolute atomic E-state index is 12.7. The smallest absolute Gasteiger partial charge is 0.136 e. The number of ether oxygens (including phenoxy) is 2. The molecule has 0 aromatic heterocycles. The first-order valence-electron chi connectivity index (χ1n) is 15.7. The van der Waals surface area contributed by atoms with Gasteiger partial charge in [-0.25, -0.2) is 0 Å². The highest BCUT2D eigenvalue weighted by molar-refractivity contribution is 5.82. The van der Waals surface area contributed by atoms with Gasteiger partial charge in [-0.05, 0) is 110 Å². The van der Waals surface area contributed by atoms with E-state index in [4.69, 9.17) is 9.47 Å². The maximum Gasteiger partial charge on any atom is 0.136 e. The van der Waals surface area contributed by atoms with E-state index in [-0.39, 0.29) is 42.4 Å². The second-order valence-electron chi connectivity index (χ2n) is 15.5. The van der Waals surface area contributed by atoms with Crippen LogP contribution in [0.5, 0.6) is 0 Å². The molecule has 0 amide bonds. The summed E-state index contributed by atoms with van der Waals surface area (Å²) in [5.74, 6) is 3.50. The number of fused-ring (bicyclic) bond motifs is 8. The molecule has 208 valence electrons. The normalized spacial score (nSPS) is 60.5. The third-order valence-electron chi connectivity index (χ3n) is 14.7. The fourth-order valence-electron chi connectivity index (χ4n) is 12.5. The average molecular weight is 515 g/mol. The molecule has 0 aromatic carbocycles. The van der Waals surface area contributed by atoms with E-state index in [1.54, 1.807) is 0 Å². The summed E-state index contributed by atoms with van der Waals surface area (Å²) in [4.78, 5) is 12.7. The van der Waals surface area contributed by atoms with Crippen molar-refractivity contribution in [2.45, 2.75) is 135 Å². The van der Waals surface area contributed by atoms with Gasteiger partial charge in [-0.2, -0.15) is 0 Å². The van der Waals surface area contributed by atoms with Crippen LogP contribution in [-0.2, 0) is 14.3 Å². The Labute approximate surface area is 223 Å². The second kappa shape index (κ2) is 8.27. The first-order valence-corrected chi connectivity index (χ1v) is 15.7. The van der Waals surface area contributed by atoms with Crippen molar-refractivity contribution in [3.8, 4) is 0 Å². The molecule has 13 unspecified atom stereocenters. The fraction of sp³-hybridized carbons (Fsp3) is 0.969. The average Bonchev–Trinajstić information content (AvgIpc) is 3.57. The predicted octanol–water partition coefficient (Wildman–Crippen LogP) is 5.30. The first kappa shape index (κ1) is 25.5. The van der Waals surface area contributed by atoms with Crippen molar-refractivity contribution in [1.82, 2.24) is 0 Å². The zero-order valence-corrected chi connectivity index (χ0v) is 23.6. The van der Waals surface area contributed by atoms with Gasteiger partial charge in [0.05, 0.1) is 12.7 Å². The van der Waals surface area contributed by atoms with Crippen molar-refractivity contribution >= 4 is 5.78 Å². The molecule has 7 aliphatic rings. The maximum atomic E-state index is 12.7. The Kier molecular flexibility index (Phi) is 5.69. The quantitative estimate of drug-likeness (QED) is 0.500. The highest BCUT2D eigenvalue weighted by Gasteiger charge is 2.69. The second-order valence-corrected chi connectivity index (χ2v) is 15.5. The summed E-state index contributed by atoms with van der Waals surface area (Å²) in [6, 6.07) is 0. The van der Waals surface area contributed by atoms with Crippen LogP contribution in [0.3, 0.4) is 0 Å². The molecule has 5 saturated carbocycles. The lowest BCUT2D eigenvalue weighted by Crippen LogP contribution is -2.65. The van der Waals surface area contributed by atoms with Gasteiger partial charge in [0.1, 0.15) is 30.2 Å². The Morgan fingerprint density at radius 1 is 0.838 bits per heavy atom. The van der Waals surface area contributed by atoms with Crippen molar-refractivity contribution in [1.29, 1.82) is 0 Å². The molecule has 5 nitrogen and oxygen atoms in total. The molecule has 0 bridgehead atoms. The minimum Gasteiger partial charge on any atom is -0.394 e. The van der Waals surface area contributed by atoms with Gasteiger partial charge in [-0.3, -0.25) is 4.79 Å². The fourth-order valence-corrected chi connectivity index (χ4v) is 12.5. The lowest BCUT2D eigenvalue weighted by Gasteiger charge is -2.71. The van der Waals surface area contributed by atoms with E-state index in [1.807, 2.05) is 0 Å². The number of hydrogen-bond acceptors (Lipinski definition) is 5. The summed E-state index contributed by atoms with van der Waals surface area (Å²) in [6.07, 6.45) is 13.1. The van der Waals surface area contributed by atoms with Crippen molar-refractivity contribution in [3.05, 3.63) is 0 Å². The summed E-state index contributed by atoms with van der Waals surface area (Å²) in [7, 11) is 0. The van der Waals surface area contributed by atoms with Crippen LogP contribution in [-0.4, -0.2) is 53.1 Å². The van der Waals surface area contributed by atoms with Crippen LogP contribution in [0.15, 0.2) is 0 Å². The largest absolute Gasteiger partial charge is 0.394 e. The Bertz CT molecular complexity index is 951. The molecule has 5 aliphatic carbocycles. The Morgan fingerprint density at radius 2 is 1.65 bits per heavy atom. The van der Waals surface area contributed by atoms with Gasteiger partial charge in [-0.1, -0.05) is 34.1 Å². The van der Waals surface area contributed by atoms with Crippen LogP contribution in [0.2, 0.25) is 0 Å². The minimum absolute atomic E-state index is 0.0226. The van der Waals surface area contributed by atoms with Gasteiger partial charge in [-0.15, -0.1) is 0 Å². The van der Waals surface area contributed by atoms with Crippen LogP contribution in [0.1, 0.15) is 105 Å². The number of carbonyl (C=O) groups excluding carboxylic acids is 1. The molecule has 0 radical (unpaired) electrons. The van der Waals surface area contributed by atoms with E-state index in [9.17, 15) is 15.0 Å². The Morgan fingerprint density at radius 3 is 2.43 bits per heavy atom. The van der Waals surface area contributed by atoms with Gasteiger partial charge in [0, 0.05) is 12.3 Å². The number of epoxide rings is 1.